The highest BCUT2D eigenvalue weighted by Gasteiger charge is 2.10. The molecule has 0 radical (unpaired) electrons. The van der Waals surface area contributed by atoms with Gasteiger partial charge >= 0.3 is 0 Å². The van der Waals surface area contributed by atoms with Gasteiger partial charge in [0.2, 0.25) is 0 Å². The maximum atomic E-state index is 11.4. The molecule has 0 amide bonds. The van der Waals surface area contributed by atoms with Crippen molar-refractivity contribution in [3.05, 3.63) is 34.9 Å². The van der Waals surface area contributed by atoms with Crippen LogP contribution in [-0.4, -0.2) is 10.6 Å². The number of alkyl halides is 1. The summed E-state index contributed by atoms with van der Waals surface area (Å²) in [6, 6.07) is 6.87. The number of benzene rings is 1. The number of Topliss-reactive ketones (excluding diaryl/α,β-unsaturated/α-hetero) is 1. The van der Waals surface area contributed by atoms with E-state index in [0.29, 0.717) is 10.6 Å². The van der Waals surface area contributed by atoms with E-state index in [1.807, 2.05) is 0 Å². The lowest BCUT2D eigenvalue weighted by atomic mass is 10.1. The van der Waals surface area contributed by atoms with E-state index in [1.165, 1.54) is 0 Å². The normalized spacial score (nSPS) is 12.6. The lowest BCUT2D eigenvalue weighted by Crippen LogP contribution is -2.09. The van der Waals surface area contributed by atoms with E-state index < -0.39 is 0 Å². The maximum Gasteiger partial charge on any atom is 0.176 e. The van der Waals surface area contributed by atoms with Crippen LogP contribution < -0.4 is 0 Å². The molecule has 1 atom stereocenters. The van der Waals surface area contributed by atoms with E-state index >= 15 is 0 Å². The van der Waals surface area contributed by atoms with Gasteiger partial charge in [0.15, 0.2) is 5.78 Å². The molecule has 0 saturated heterocycles. The van der Waals surface area contributed by atoms with Crippen LogP contribution >= 0.6 is 27.5 Å². The van der Waals surface area contributed by atoms with Crippen LogP contribution in [-0.2, 0) is 0 Å². The molecule has 0 N–H and O–H groups in total. The molecule has 0 aromatic heterocycles. The molecule has 3 heteroatoms. The standard InChI is InChI=1S/C9H8BrClO/c1-6(10)9(12)7-2-4-8(11)5-3-7/h2-6H,1H3/t6-/m1/s1. The Morgan fingerprint density at radius 2 is 1.92 bits per heavy atom. The van der Waals surface area contributed by atoms with Gasteiger partial charge in [-0.15, -0.1) is 0 Å². The number of rotatable bonds is 2. The maximum absolute atomic E-state index is 11.4. The first-order valence-electron chi connectivity index (χ1n) is 3.55. The average molecular weight is 248 g/mol. The number of carbonyl (C=O) groups is 1. The summed E-state index contributed by atoms with van der Waals surface area (Å²) in [6.07, 6.45) is 0. The third-order valence-corrected chi connectivity index (χ3v) is 2.16. The summed E-state index contributed by atoms with van der Waals surface area (Å²) in [5.41, 5.74) is 0.684. The van der Waals surface area contributed by atoms with Gasteiger partial charge in [-0.2, -0.15) is 0 Å². The van der Waals surface area contributed by atoms with Gasteiger partial charge in [0.25, 0.3) is 0 Å². The zero-order valence-corrected chi connectivity index (χ0v) is 8.89. The van der Waals surface area contributed by atoms with Gasteiger partial charge in [-0.3, -0.25) is 4.79 Å². The van der Waals surface area contributed by atoms with Crippen LogP contribution in [0.4, 0.5) is 0 Å². The van der Waals surface area contributed by atoms with Gasteiger partial charge in [0.05, 0.1) is 4.83 Å². The molecule has 0 bridgehead atoms. The minimum Gasteiger partial charge on any atom is -0.293 e. The fraction of sp³-hybridized carbons (Fsp3) is 0.222. The van der Waals surface area contributed by atoms with E-state index in [-0.39, 0.29) is 10.6 Å². The number of halogens is 2. The van der Waals surface area contributed by atoms with Crippen molar-refractivity contribution >= 4 is 33.3 Å². The van der Waals surface area contributed by atoms with Crippen LogP contribution in [0.3, 0.4) is 0 Å². The molecule has 12 heavy (non-hydrogen) atoms. The Morgan fingerprint density at radius 1 is 1.42 bits per heavy atom. The van der Waals surface area contributed by atoms with Crippen LogP contribution in [0.25, 0.3) is 0 Å². The molecule has 1 rings (SSSR count). The van der Waals surface area contributed by atoms with Gasteiger partial charge in [-0.05, 0) is 31.2 Å². The van der Waals surface area contributed by atoms with E-state index in [4.69, 9.17) is 11.6 Å². The molecule has 1 aromatic carbocycles. The number of carbonyl (C=O) groups excluding carboxylic acids is 1. The van der Waals surface area contributed by atoms with Crippen molar-refractivity contribution in [2.24, 2.45) is 0 Å². The first-order chi connectivity index (χ1) is 5.61. The second-order valence-corrected chi connectivity index (χ2v) is 4.30. The van der Waals surface area contributed by atoms with Gasteiger partial charge in [-0.25, -0.2) is 0 Å². The molecule has 0 aliphatic rings. The molecule has 0 unspecified atom stereocenters. The summed E-state index contributed by atoms with van der Waals surface area (Å²) >= 11 is 8.89. The van der Waals surface area contributed by atoms with Crippen molar-refractivity contribution in [1.82, 2.24) is 0 Å². The Kier molecular flexibility index (Phi) is 3.29. The summed E-state index contributed by atoms with van der Waals surface area (Å²) in [4.78, 5) is 11.2. The Bertz CT molecular complexity index is 279. The van der Waals surface area contributed by atoms with Crippen LogP contribution in [0.2, 0.25) is 5.02 Å². The molecule has 0 spiro atoms. The van der Waals surface area contributed by atoms with E-state index in [9.17, 15) is 4.79 Å². The fourth-order valence-electron chi connectivity index (χ4n) is 0.844. The van der Waals surface area contributed by atoms with Crippen LogP contribution in [0.1, 0.15) is 17.3 Å². The molecule has 64 valence electrons. The number of ketones is 1. The average Bonchev–Trinajstić information content (AvgIpc) is 2.04. The van der Waals surface area contributed by atoms with Crippen molar-refractivity contribution in [3.63, 3.8) is 0 Å². The highest BCUT2D eigenvalue weighted by molar-refractivity contribution is 9.10. The second kappa shape index (κ2) is 4.06. The van der Waals surface area contributed by atoms with Crippen molar-refractivity contribution < 1.29 is 4.79 Å². The quantitative estimate of drug-likeness (QED) is 0.579. The monoisotopic (exact) mass is 246 g/mol. The van der Waals surface area contributed by atoms with Gasteiger partial charge in [-0.1, -0.05) is 27.5 Å². The molecular formula is C9H8BrClO. The number of hydrogen-bond acceptors (Lipinski definition) is 1. The molecular weight excluding hydrogens is 239 g/mol. The molecule has 0 aliphatic carbocycles. The van der Waals surface area contributed by atoms with Crippen molar-refractivity contribution in [2.45, 2.75) is 11.8 Å². The lowest BCUT2D eigenvalue weighted by Gasteiger charge is -2.01. The summed E-state index contributed by atoms with van der Waals surface area (Å²) in [7, 11) is 0. The molecule has 0 heterocycles. The third kappa shape index (κ3) is 2.32. The summed E-state index contributed by atoms with van der Waals surface area (Å²) < 4.78 is 0. The number of hydrogen-bond donors (Lipinski definition) is 0. The highest BCUT2D eigenvalue weighted by Crippen LogP contribution is 2.13. The van der Waals surface area contributed by atoms with Crippen molar-refractivity contribution in [3.8, 4) is 0 Å². The second-order valence-electron chi connectivity index (χ2n) is 2.49. The van der Waals surface area contributed by atoms with Crippen LogP contribution in [0, 0.1) is 0 Å². The highest BCUT2D eigenvalue weighted by atomic mass is 79.9. The summed E-state index contributed by atoms with van der Waals surface area (Å²) in [6.45, 7) is 1.80. The minimum atomic E-state index is -0.140. The fourth-order valence-corrected chi connectivity index (χ4v) is 1.23. The van der Waals surface area contributed by atoms with Gasteiger partial charge < -0.3 is 0 Å². The zero-order chi connectivity index (χ0) is 9.14. The Labute approximate surface area is 84.9 Å². The third-order valence-electron chi connectivity index (χ3n) is 1.49. The van der Waals surface area contributed by atoms with E-state index in [1.54, 1.807) is 31.2 Å². The lowest BCUT2D eigenvalue weighted by molar-refractivity contribution is 0.0996. The summed E-state index contributed by atoms with van der Waals surface area (Å²) in [5, 5.41) is 0.647. The molecule has 0 fully saturated rings. The molecule has 1 nitrogen and oxygen atoms in total. The van der Waals surface area contributed by atoms with Crippen LogP contribution in [0.5, 0.6) is 0 Å². The predicted octanol–water partition coefficient (Wildman–Crippen LogP) is 3.31. The predicted molar refractivity (Wildman–Crippen MR) is 54.2 cm³/mol. The van der Waals surface area contributed by atoms with Gasteiger partial charge in [0.1, 0.15) is 0 Å². The Morgan fingerprint density at radius 3 is 2.33 bits per heavy atom. The topological polar surface area (TPSA) is 17.1 Å². The van der Waals surface area contributed by atoms with Gasteiger partial charge in [0, 0.05) is 10.6 Å². The zero-order valence-electron chi connectivity index (χ0n) is 6.55. The molecule has 1 aromatic rings. The Balaban J connectivity index is 2.90. The molecule has 0 aliphatic heterocycles. The first-order valence-corrected chi connectivity index (χ1v) is 4.84. The van der Waals surface area contributed by atoms with Crippen molar-refractivity contribution in [2.75, 3.05) is 0 Å². The van der Waals surface area contributed by atoms with E-state index in [0.717, 1.165) is 0 Å². The minimum absolute atomic E-state index is 0.0756. The summed E-state index contributed by atoms with van der Waals surface area (Å²) in [5.74, 6) is 0.0756. The smallest absolute Gasteiger partial charge is 0.176 e. The Hall–Kier alpha value is -0.340. The van der Waals surface area contributed by atoms with E-state index in [2.05, 4.69) is 15.9 Å². The first kappa shape index (κ1) is 9.75. The molecule has 0 saturated carbocycles. The van der Waals surface area contributed by atoms with Crippen LogP contribution in [0.15, 0.2) is 24.3 Å². The SMILES string of the molecule is C[C@@H](Br)C(=O)c1ccc(Cl)cc1. The van der Waals surface area contributed by atoms with Crippen molar-refractivity contribution in [1.29, 1.82) is 0 Å². The largest absolute Gasteiger partial charge is 0.293 e.